The van der Waals surface area contributed by atoms with Crippen LogP contribution in [0.2, 0.25) is 0 Å². The van der Waals surface area contributed by atoms with E-state index in [0.29, 0.717) is 18.7 Å². The summed E-state index contributed by atoms with van der Waals surface area (Å²) in [5, 5.41) is 4.24. The third kappa shape index (κ3) is 5.44. The monoisotopic (exact) mass is 420 g/mol. The van der Waals surface area contributed by atoms with E-state index in [1.165, 1.54) is 34.5 Å². The Morgan fingerprint density at radius 3 is 2.39 bits per heavy atom. The van der Waals surface area contributed by atoms with Gasteiger partial charge in [0.2, 0.25) is 0 Å². The Kier molecular flexibility index (Phi) is 6.52. The van der Waals surface area contributed by atoms with E-state index in [1.54, 1.807) is 17.0 Å². The molecule has 1 aliphatic rings. The number of nitrogens with zero attached hydrogens (tertiary/aromatic N) is 4. The van der Waals surface area contributed by atoms with Gasteiger partial charge in [-0.3, -0.25) is 14.5 Å². The van der Waals surface area contributed by atoms with Gasteiger partial charge in [0, 0.05) is 38.8 Å². The fourth-order valence-electron chi connectivity index (χ4n) is 3.75. The van der Waals surface area contributed by atoms with Gasteiger partial charge in [0.25, 0.3) is 11.5 Å². The van der Waals surface area contributed by atoms with Crippen molar-refractivity contribution in [2.75, 3.05) is 32.7 Å². The largest absolute Gasteiger partial charge is 0.335 e. The first-order chi connectivity index (χ1) is 15.1. The number of amides is 1. The summed E-state index contributed by atoms with van der Waals surface area (Å²) in [6.07, 6.45) is 0.987. The molecule has 0 spiro atoms. The van der Waals surface area contributed by atoms with Crippen molar-refractivity contribution >= 4 is 5.91 Å². The SMILES string of the molecule is O=C(c1ccc(=O)n(Cc2cccc(F)c2)n1)N1CCN(CCc2ccccc2)CC1. The lowest BCUT2D eigenvalue weighted by Crippen LogP contribution is -2.49. The highest BCUT2D eigenvalue weighted by Crippen LogP contribution is 2.09. The number of piperazine rings is 1. The summed E-state index contributed by atoms with van der Waals surface area (Å²) in [4.78, 5) is 29.2. The molecule has 1 fully saturated rings. The summed E-state index contributed by atoms with van der Waals surface area (Å²) in [5.41, 5.74) is 1.83. The van der Waals surface area contributed by atoms with Crippen LogP contribution in [0.4, 0.5) is 4.39 Å². The second-order valence-corrected chi connectivity index (χ2v) is 7.71. The molecule has 1 saturated heterocycles. The Morgan fingerprint density at radius 1 is 0.903 bits per heavy atom. The van der Waals surface area contributed by atoms with Crippen LogP contribution >= 0.6 is 0 Å². The molecule has 0 saturated carbocycles. The zero-order valence-electron chi connectivity index (χ0n) is 17.3. The maximum atomic E-state index is 13.4. The number of benzene rings is 2. The number of rotatable bonds is 6. The molecule has 7 heteroatoms. The van der Waals surface area contributed by atoms with Gasteiger partial charge in [0.05, 0.1) is 6.54 Å². The topological polar surface area (TPSA) is 58.4 Å². The molecule has 0 radical (unpaired) electrons. The summed E-state index contributed by atoms with van der Waals surface area (Å²) in [7, 11) is 0. The van der Waals surface area contributed by atoms with Gasteiger partial charge in [-0.25, -0.2) is 9.07 Å². The van der Waals surface area contributed by atoms with Crippen molar-refractivity contribution in [3.8, 4) is 0 Å². The molecule has 4 rings (SSSR count). The summed E-state index contributed by atoms with van der Waals surface area (Å²) in [6, 6.07) is 19.2. The summed E-state index contributed by atoms with van der Waals surface area (Å²) in [6.45, 7) is 3.94. The van der Waals surface area contributed by atoms with Crippen molar-refractivity contribution in [2.24, 2.45) is 0 Å². The predicted octanol–water partition coefficient (Wildman–Crippen LogP) is 2.43. The Labute approximate surface area is 180 Å². The van der Waals surface area contributed by atoms with Crippen molar-refractivity contribution in [2.45, 2.75) is 13.0 Å². The lowest BCUT2D eigenvalue weighted by Gasteiger charge is -2.34. The van der Waals surface area contributed by atoms with E-state index in [4.69, 9.17) is 0 Å². The van der Waals surface area contributed by atoms with Crippen LogP contribution in [0.3, 0.4) is 0 Å². The fourth-order valence-corrected chi connectivity index (χ4v) is 3.75. The average Bonchev–Trinajstić information content (AvgIpc) is 2.80. The van der Waals surface area contributed by atoms with Crippen LogP contribution in [-0.2, 0) is 13.0 Å². The van der Waals surface area contributed by atoms with Crippen molar-refractivity contribution in [3.63, 3.8) is 0 Å². The number of aromatic nitrogens is 2. The molecule has 3 aromatic rings. The van der Waals surface area contributed by atoms with E-state index in [2.05, 4.69) is 22.1 Å². The minimum Gasteiger partial charge on any atom is -0.335 e. The third-order valence-electron chi connectivity index (χ3n) is 5.53. The van der Waals surface area contributed by atoms with E-state index in [0.717, 1.165) is 26.1 Å². The zero-order chi connectivity index (χ0) is 21.6. The van der Waals surface area contributed by atoms with Crippen LogP contribution in [0.25, 0.3) is 0 Å². The third-order valence-corrected chi connectivity index (χ3v) is 5.53. The van der Waals surface area contributed by atoms with Crippen molar-refractivity contribution < 1.29 is 9.18 Å². The van der Waals surface area contributed by atoms with Gasteiger partial charge in [-0.2, -0.15) is 5.10 Å². The highest BCUT2D eigenvalue weighted by Gasteiger charge is 2.23. The molecule has 0 atom stereocenters. The molecule has 1 aliphatic heterocycles. The fraction of sp³-hybridized carbons (Fsp3) is 0.292. The zero-order valence-corrected chi connectivity index (χ0v) is 17.3. The maximum Gasteiger partial charge on any atom is 0.274 e. The minimum absolute atomic E-state index is 0.116. The molecule has 0 aliphatic carbocycles. The number of hydrogen-bond donors (Lipinski definition) is 0. The molecular weight excluding hydrogens is 395 g/mol. The summed E-state index contributed by atoms with van der Waals surface area (Å²) in [5.74, 6) is -0.557. The molecule has 0 bridgehead atoms. The molecule has 31 heavy (non-hydrogen) atoms. The van der Waals surface area contributed by atoms with E-state index in [-0.39, 0.29) is 29.5 Å². The molecule has 1 amide bonds. The first-order valence-corrected chi connectivity index (χ1v) is 10.5. The molecule has 2 heterocycles. The minimum atomic E-state index is -0.372. The first-order valence-electron chi connectivity index (χ1n) is 10.5. The standard InChI is InChI=1S/C24H25FN4O2/c25-21-8-4-7-20(17-21)18-29-23(30)10-9-22(26-29)24(31)28-15-13-27(14-16-28)12-11-19-5-2-1-3-6-19/h1-10,17H,11-16,18H2. The van der Waals surface area contributed by atoms with E-state index < -0.39 is 0 Å². The molecule has 0 N–H and O–H groups in total. The Hall–Kier alpha value is -3.32. The van der Waals surface area contributed by atoms with Crippen LogP contribution < -0.4 is 5.56 Å². The Balaban J connectivity index is 1.36. The summed E-state index contributed by atoms with van der Waals surface area (Å²) >= 11 is 0. The number of carbonyl (C=O) groups is 1. The normalized spacial score (nSPS) is 14.5. The van der Waals surface area contributed by atoms with E-state index in [9.17, 15) is 14.0 Å². The van der Waals surface area contributed by atoms with Crippen LogP contribution in [0.1, 0.15) is 21.6 Å². The van der Waals surface area contributed by atoms with Crippen LogP contribution in [0.15, 0.2) is 71.5 Å². The van der Waals surface area contributed by atoms with Crippen molar-refractivity contribution in [1.29, 1.82) is 0 Å². The lowest BCUT2D eigenvalue weighted by molar-refractivity contribution is 0.0630. The molecule has 0 unspecified atom stereocenters. The van der Waals surface area contributed by atoms with Gasteiger partial charge in [-0.1, -0.05) is 42.5 Å². The second-order valence-electron chi connectivity index (χ2n) is 7.71. The lowest BCUT2D eigenvalue weighted by atomic mass is 10.1. The highest BCUT2D eigenvalue weighted by atomic mass is 19.1. The molecule has 2 aromatic carbocycles. The van der Waals surface area contributed by atoms with Gasteiger partial charge >= 0.3 is 0 Å². The molecular formula is C24H25FN4O2. The number of halogens is 1. The van der Waals surface area contributed by atoms with E-state index in [1.807, 2.05) is 18.2 Å². The smallest absolute Gasteiger partial charge is 0.274 e. The van der Waals surface area contributed by atoms with Gasteiger partial charge < -0.3 is 4.90 Å². The molecule has 6 nitrogen and oxygen atoms in total. The predicted molar refractivity (Wildman–Crippen MR) is 116 cm³/mol. The van der Waals surface area contributed by atoms with Crippen LogP contribution in [0, 0.1) is 5.82 Å². The number of carbonyl (C=O) groups excluding carboxylic acids is 1. The van der Waals surface area contributed by atoms with Crippen molar-refractivity contribution in [1.82, 2.24) is 19.6 Å². The summed E-state index contributed by atoms with van der Waals surface area (Å²) < 4.78 is 14.6. The second kappa shape index (κ2) is 9.66. The molecule has 1 aromatic heterocycles. The number of hydrogen-bond acceptors (Lipinski definition) is 4. The van der Waals surface area contributed by atoms with E-state index >= 15 is 0 Å². The first kappa shape index (κ1) is 20.9. The highest BCUT2D eigenvalue weighted by molar-refractivity contribution is 5.92. The van der Waals surface area contributed by atoms with Crippen LogP contribution in [-0.4, -0.2) is 58.2 Å². The van der Waals surface area contributed by atoms with Gasteiger partial charge in [0.1, 0.15) is 11.5 Å². The van der Waals surface area contributed by atoms with Gasteiger partial charge in [-0.05, 0) is 35.7 Å². The Morgan fingerprint density at radius 2 is 1.65 bits per heavy atom. The van der Waals surface area contributed by atoms with Gasteiger partial charge in [0.15, 0.2) is 0 Å². The van der Waals surface area contributed by atoms with Crippen LogP contribution in [0.5, 0.6) is 0 Å². The maximum absolute atomic E-state index is 13.4. The van der Waals surface area contributed by atoms with Gasteiger partial charge in [-0.15, -0.1) is 0 Å². The molecule has 160 valence electrons. The van der Waals surface area contributed by atoms with Crippen molar-refractivity contribution in [3.05, 3.63) is 99.7 Å². The average molecular weight is 420 g/mol. The quantitative estimate of drug-likeness (QED) is 0.615. The Bertz CT molecular complexity index is 1090.